The van der Waals surface area contributed by atoms with Gasteiger partial charge in [-0.1, -0.05) is 18.2 Å². The van der Waals surface area contributed by atoms with Crippen molar-refractivity contribution in [1.82, 2.24) is 0 Å². The molecule has 0 aliphatic rings. The average molecular weight is 233 g/mol. The molecular formula is C10H10F3NO2. The van der Waals surface area contributed by atoms with Crippen LogP contribution in [-0.4, -0.2) is 11.0 Å². The number of benzene rings is 1. The molecule has 0 aliphatic carbocycles. The molecule has 0 aliphatic heterocycles. The van der Waals surface area contributed by atoms with E-state index >= 15 is 0 Å². The molecule has 3 nitrogen and oxygen atoms in total. The Morgan fingerprint density at radius 3 is 2.44 bits per heavy atom. The fourth-order valence-electron chi connectivity index (χ4n) is 1.37. The second-order valence-corrected chi connectivity index (χ2v) is 3.49. The van der Waals surface area contributed by atoms with Crippen molar-refractivity contribution in [2.24, 2.45) is 0 Å². The summed E-state index contributed by atoms with van der Waals surface area (Å²) in [6.07, 6.45) is -4.68. The van der Waals surface area contributed by atoms with Gasteiger partial charge in [-0.3, -0.25) is 10.1 Å². The Bertz CT molecular complexity index is 390. The van der Waals surface area contributed by atoms with E-state index in [-0.39, 0.29) is 12.0 Å². The Morgan fingerprint density at radius 2 is 1.94 bits per heavy atom. The predicted octanol–water partition coefficient (Wildman–Crippen LogP) is 2.91. The van der Waals surface area contributed by atoms with Gasteiger partial charge in [-0.05, 0) is 11.6 Å². The Morgan fingerprint density at radius 1 is 1.38 bits per heavy atom. The van der Waals surface area contributed by atoms with Gasteiger partial charge < -0.3 is 0 Å². The highest BCUT2D eigenvalue weighted by molar-refractivity contribution is 5.30. The first-order valence-corrected chi connectivity index (χ1v) is 4.61. The standard InChI is InChI=1S/C10H10F3NO2/c1-7(14(15)16)6-8-4-2-3-5-9(8)10(11,12)13/h2-5,7H,6H2,1H3. The van der Waals surface area contributed by atoms with Gasteiger partial charge in [0, 0.05) is 18.3 Å². The topological polar surface area (TPSA) is 43.1 Å². The summed E-state index contributed by atoms with van der Waals surface area (Å²) in [5, 5.41) is 10.4. The number of nitrogens with zero attached hydrogens (tertiary/aromatic N) is 1. The molecule has 0 spiro atoms. The molecule has 0 heterocycles. The van der Waals surface area contributed by atoms with Crippen molar-refractivity contribution in [3.63, 3.8) is 0 Å². The zero-order valence-corrected chi connectivity index (χ0v) is 8.49. The highest BCUT2D eigenvalue weighted by Gasteiger charge is 2.33. The van der Waals surface area contributed by atoms with Crippen LogP contribution < -0.4 is 0 Å². The smallest absolute Gasteiger partial charge is 0.264 e. The molecule has 6 heteroatoms. The lowest BCUT2D eigenvalue weighted by Crippen LogP contribution is -2.20. The van der Waals surface area contributed by atoms with Crippen LogP contribution >= 0.6 is 0 Å². The molecule has 0 saturated heterocycles. The molecule has 16 heavy (non-hydrogen) atoms. The molecule has 0 radical (unpaired) electrons. The summed E-state index contributed by atoms with van der Waals surface area (Å²) >= 11 is 0. The van der Waals surface area contributed by atoms with Crippen LogP contribution in [0.15, 0.2) is 24.3 Å². The quantitative estimate of drug-likeness (QED) is 0.595. The molecular weight excluding hydrogens is 223 g/mol. The number of alkyl halides is 3. The summed E-state index contributed by atoms with van der Waals surface area (Å²) in [6, 6.07) is 3.88. The first-order valence-electron chi connectivity index (χ1n) is 4.61. The van der Waals surface area contributed by atoms with Crippen LogP contribution in [-0.2, 0) is 12.6 Å². The van der Waals surface area contributed by atoms with Crippen molar-refractivity contribution in [1.29, 1.82) is 0 Å². The van der Waals surface area contributed by atoms with Crippen LogP contribution in [0.4, 0.5) is 13.2 Å². The normalized spacial score (nSPS) is 13.5. The maximum absolute atomic E-state index is 12.5. The Balaban J connectivity index is 3.01. The second kappa shape index (κ2) is 4.51. The molecule has 1 atom stereocenters. The maximum Gasteiger partial charge on any atom is 0.416 e. The Labute approximate surface area is 90.0 Å². The summed E-state index contributed by atoms with van der Waals surface area (Å²) in [5.74, 6) is 0. The third-order valence-electron chi connectivity index (χ3n) is 2.20. The third kappa shape index (κ3) is 2.95. The minimum absolute atomic E-state index is 0.0424. The van der Waals surface area contributed by atoms with Crippen LogP contribution in [0.2, 0.25) is 0 Å². The van der Waals surface area contributed by atoms with E-state index < -0.39 is 22.7 Å². The van der Waals surface area contributed by atoms with Crippen LogP contribution in [0.3, 0.4) is 0 Å². The minimum atomic E-state index is -4.47. The molecule has 1 aromatic rings. The summed E-state index contributed by atoms with van der Waals surface area (Å²) in [4.78, 5) is 9.80. The molecule has 1 rings (SSSR count). The number of hydrogen-bond acceptors (Lipinski definition) is 2. The number of nitro groups is 1. The highest BCUT2D eigenvalue weighted by Crippen LogP contribution is 2.32. The van der Waals surface area contributed by atoms with Crippen LogP contribution in [0.1, 0.15) is 18.1 Å². The zero-order valence-electron chi connectivity index (χ0n) is 8.49. The lowest BCUT2D eigenvalue weighted by Gasteiger charge is -2.12. The van der Waals surface area contributed by atoms with Crippen molar-refractivity contribution in [2.75, 3.05) is 0 Å². The van der Waals surface area contributed by atoms with Crippen molar-refractivity contribution in [3.05, 3.63) is 45.5 Å². The van der Waals surface area contributed by atoms with Crippen molar-refractivity contribution >= 4 is 0 Å². The maximum atomic E-state index is 12.5. The summed E-state index contributed by atoms with van der Waals surface area (Å²) in [7, 11) is 0. The first kappa shape index (κ1) is 12.5. The molecule has 1 unspecified atom stereocenters. The van der Waals surface area contributed by atoms with E-state index in [0.717, 1.165) is 6.07 Å². The largest absolute Gasteiger partial charge is 0.416 e. The van der Waals surface area contributed by atoms with E-state index in [1.807, 2.05) is 0 Å². The molecule has 0 saturated carbocycles. The Hall–Kier alpha value is -1.59. The second-order valence-electron chi connectivity index (χ2n) is 3.49. The van der Waals surface area contributed by atoms with Gasteiger partial charge in [0.05, 0.1) is 5.56 Å². The van der Waals surface area contributed by atoms with E-state index in [2.05, 4.69) is 0 Å². The fourth-order valence-corrected chi connectivity index (χ4v) is 1.37. The number of rotatable bonds is 3. The third-order valence-corrected chi connectivity index (χ3v) is 2.20. The molecule has 1 aromatic carbocycles. The summed E-state index contributed by atoms with van der Waals surface area (Å²) in [5.41, 5.74) is -0.845. The SMILES string of the molecule is CC(Cc1ccccc1C(F)(F)F)[N+](=O)[O-]. The van der Waals surface area contributed by atoms with Gasteiger partial charge in [0.2, 0.25) is 6.04 Å². The monoisotopic (exact) mass is 233 g/mol. The predicted molar refractivity (Wildman–Crippen MR) is 51.6 cm³/mol. The fraction of sp³-hybridized carbons (Fsp3) is 0.400. The van der Waals surface area contributed by atoms with Gasteiger partial charge in [-0.15, -0.1) is 0 Å². The van der Waals surface area contributed by atoms with E-state index in [9.17, 15) is 23.3 Å². The molecule has 0 bridgehead atoms. The average Bonchev–Trinajstić information content (AvgIpc) is 2.16. The number of hydrogen-bond donors (Lipinski definition) is 0. The molecule has 88 valence electrons. The van der Waals surface area contributed by atoms with E-state index in [1.165, 1.54) is 25.1 Å². The van der Waals surface area contributed by atoms with Gasteiger partial charge in [-0.25, -0.2) is 0 Å². The molecule has 0 fully saturated rings. The zero-order chi connectivity index (χ0) is 12.3. The molecule has 0 N–H and O–H groups in total. The van der Waals surface area contributed by atoms with Crippen molar-refractivity contribution in [3.8, 4) is 0 Å². The van der Waals surface area contributed by atoms with Gasteiger partial charge in [-0.2, -0.15) is 13.2 Å². The lowest BCUT2D eigenvalue weighted by atomic mass is 10.0. The van der Waals surface area contributed by atoms with E-state index in [1.54, 1.807) is 0 Å². The van der Waals surface area contributed by atoms with Gasteiger partial charge >= 0.3 is 6.18 Å². The van der Waals surface area contributed by atoms with Crippen LogP contribution in [0.5, 0.6) is 0 Å². The van der Waals surface area contributed by atoms with E-state index in [4.69, 9.17) is 0 Å². The molecule has 0 amide bonds. The summed E-state index contributed by atoms with van der Waals surface area (Å²) in [6.45, 7) is 1.28. The Kier molecular flexibility index (Phi) is 3.51. The van der Waals surface area contributed by atoms with Crippen LogP contribution in [0.25, 0.3) is 0 Å². The first-order chi connectivity index (χ1) is 7.32. The highest BCUT2D eigenvalue weighted by atomic mass is 19.4. The van der Waals surface area contributed by atoms with Gasteiger partial charge in [0.1, 0.15) is 0 Å². The van der Waals surface area contributed by atoms with Crippen molar-refractivity contribution < 1.29 is 18.1 Å². The lowest BCUT2D eigenvalue weighted by molar-refractivity contribution is -0.517. The van der Waals surface area contributed by atoms with Gasteiger partial charge in [0.25, 0.3) is 0 Å². The van der Waals surface area contributed by atoms with Gasteiger partial charge in [0.15, 0.2) is 0 Å². The molecule has 0 aromatic heterocycles. The minimum Gasteiger partial charge on any atom is -0.264 e. The van der Waals surface area contributed by atoms with Crippen LogP contribution in [0, 0.1) is 10.1 Å². The number of halogens is 3. The summed E-state index contributed by atoms with van der Waals surface area (Å²) < 4.78 is 37.6. The van der Waals surface area contributed by atoms with Crippen molar-refractivity contribution in [2.45, 2.75) is 25.6 Å². The van der Waals surface area contributed by atoms with E-state index in [0.29, 0.717) is 0 Å².